The van der Waals surface area contributed by atoms with E-state index in [0.717, 1.165) is 0 Å². The van der Waals surface area contributed by atoms with Crippen LogP contribution in [0.25, 0.3) is 0 Å². The predicted molar refractivity (Wildman–Crippen MR) is 46.9 cm³/mol. The number of aliphatic hydroxyl groups is 1. The van der Waals surface area contributed by atoms with E-state index in [4.69, 9.17) is 10.4 Å². The van der Waals surface area contributed by atoms with Gasteiger partial charge in [-0.3, -0.25) is 0 Å². The Bertz CT molecular complexity index is 381. The molecule has 0 radical (unpaired) electrons. The molecule has 0 amide bonds. The largest absolute Gasteiger partial charge is 0.414 e. The molecule has 0 saturated heterocycles. The van der Waals surface area contributed by atoms with Gasteiger partial charge in [0.2, 0.25) is 0 Å². The third-order valence-electron chi connectivity index (χ3n) is 1.93. The Morgan fingerprint density at radius 2 is 1.93 bits per heavy atom. The van der Waals surface area contributed by atoms with Crippen LogP contribution >= 0.6 is 0 Å². The Balaban J connectivity index is 2.86. The fourth-order valence-electron chi connectivity index (χ4n) is 1.13. The molecule has 1 N–H and O–H groups in total. The van der Waals surface area contributed by atoms with Crippen LogP contribution in [-0.2, 0) is 6.42 Å². The zero-order chi connectivity index (χ0) is 11.5. The minimum Gasteiger partial charge on any atom is -0.383 e. The summed E-state index contributed by atoms with van der Waals surface area (Å²) in [6, 6.07) is 7.67. The van der Waals surface area contributed by atoms with E-state index in [1.807, 2.05) is 0 Å². The summed E-state index contributed by atoms with van der Waals surface area (Å²) < 4.78 is 36.1. The van der Waals surface area contributed by atoms with Crippen LogP contribution in [0.3, 0.4) is 0 Å². The summed E-state index contributed by atoms with van der Waals surface area (Å²) in [7, 11) is 0. The zero-order valence-corrected chi connectivity index (χ0v) is 7.62. The molecule has 5 heteroatoms. The van der Waals surface area contributed by atoms with Crippen LogP contribution in [0.1, 0.15) is 11.1 Å². The first-order valence-corrected chi connectivity index (χ1v) is 4.18. The second kappa shape index (κ2) is 4.32. The van der Waals surface area contributed by atoms with Gasteiger partial charge in [0.1, 0.15) is 0 Å². The third kappa shape index (κ3) is 2.96. The van der Waals surface area contributed by atoms with Crippen molar-refractivity contribution in [2.45, 2.75) is 18.7 Å². The van der Waals surface area contributed by atoms with E-state index in [0.29, 0.717) is 0 Å². The lowest BCUT2D eigenvalue weighted by Gasteiger charge is -2.14. The molecule has 1 aromatic carbocycles. The molecule has 0 aliphatic carbocycles. The van der Waals surface area contributed by atoms with E-state index >= 15 is 0 Å². The SMILES string of the molecule is N#Cc1ccccc1CC(O)C(F)(F)F. The number of nitriles is 1. The predicted octanol–water partition coefficient (Wildman–Crippen LogP) is 2.02. The van der Waals surface area contributed by atoms with Gasteiger partial charge in [0.05, 0.1) is 11.6 Å². The normalized spacial score (nSPS) is 13.3. The van der Waals surface area contributed by atoms with Crippen molar-refractivity contribution in [1.82, 2.24) is 0 Å². The highest BCUT2D eigenvalue weighted by molar-refractivity contribution is 5.37. The van der Waals surface area contributed by atoms with E-state index in [-0.39, 0.29) is 11.1 Å². The fraction of sp³-hybridized carbons (Fsp3) is 0.300. The first-order chi connectivity index (χ1) is 6.95. The molecule has 1 rings (SSSR count). The van der Waals surface area contributed by atoms with Crippen molar-refractivity contribution >= 4 is 0 Å². The number of benzene rings is 1. The maximum atomic E-state index is 12.0. The highest BCUT2D eigenvalue weighted by Crippen LogP contribution is 2.23. The summed E-state index contributed by atoms with van der Waals surface area (Å²) in [5.74, 6) is 0. The summed E-state index contributed by atoms with van der Waals surface area (Å²) in [5, 5.41) is 17.4. The lowest BCUT2D eigenvalue weighted by molar-refractivity contribution is -0.203. The summed E-state index contributed by atoms with van der Waals surface area (Å²) in [6.45, 7) is 0. The van der Waals surface area contributed by atoms with Crippen LogP contribution < -0.4 is 0 Å². The highest BCUT2D eigenvalue weighted by Gasteiger charge is 2.38. The van der Waals surface area contributed by atoms with Crippen molar-refractivity contribution in [2.24, 2.45) is 0 Å². The molecule has 0 heterocycles. The quantitative estimate of drug-likeness (QED) is 0.820. The Morgan fingerprint density at radius 1 is 1.33 bits per heavy atom. The molecule has 1 aromatic rings. The molecule has 0 spiro atoms. The average molecular weight is 215 g/mol. The van der Waals surface area contributed by atoms with Crippen molar-refractivity contribution < 1.29 is 18.3 Å². The molecule has 80 valence electrons. The van der Waals surface area contributed by atoms with Crippen LogP contribution in [0.5, 0.6) is 0 Å². The van der Waals surface area contributed by atoms with Gasteiger partial charge in [0.15, 0.2) is 6.10 Å². The van der Waals surface area contributed by atoms with Crippen molar-refractivity contribution in [1.29, 1.82) is 5.26 Å². The fourth-order valence-corrected chi connectivity index (χ4v) is 1.13. The maximum Gasteiger partial charge on any atom is 0.414 e. The third-order valence-corrected chi connectivity index (χ3v) is 1.93. The standard InChI is InChI=1S/C10H8F3NO/c11-10(12,13)9(15)5-7-3-1-2-4-8(7)6-14/h1-4,9,15H,5H2. The second-order valence-corrected chi connectivity index (χ2v) is 3.03. The maximum absolute atomic E-state index is 12.0. The van der Waals surface area contributed by atoms with Crippen LogP contribution in [0, 0.1) is 11.3 Å². The number of aliphatic hydroxyl groups excluding tert-OH is 1. The molecular weight excluding hydrogens is 207 g/mol. The molecule has 2 nitrogen and oxygen atoms in total. The first-order valence-electron chi connectivity index (χ1n) is 4.18. The van der Waals surface area contributed by atoms with Crippen molar-refractivity contribution in [2.75, 3.05) is 0 Å². The van der Waals surface area contributed by atoms with E-state index in [1.54, 1.807) is 12.1 Å². The molecule has 1 atom stereocenters. The topological polar surface area (TPSA) is 44.0 Å². The molecule has 1 unspecified atom stereocenters. The minimum absolute atomic E-state index is 0.154. The Morgan fingerprint density at radius 3 is 2.47 bits per heavy atom. The lowest BCUT2D eigenvalue weighted by Crippen LogP contribution is -2.30. The van der Waals surface area contributed by atoms with Crippen molar-refractivity contribution in [3.05, 3.63) is 35.4 Å². The summed E-state index contributed by atoms with van der Waals surface area (Å²) >= 11 is 0. The van der Waals surface area contributed by atoms with E-state index in [1.165, 1.54) is 18.2 Å². The Kier molecular flexibility index (Phi) is 3.32. The van der Waals surface area contributed by atoms with Gasteiger partial charge >= 0.3 is 6.18 Å². The van der Waals surface area contributed by atoms with E-state index in [2.05, 4.69) is 0 Å². The van der Waals surface area contributed by atoms with Gasteiger partial charge in [-0.05, 0) is 11.6 Å². The van der Waals surface area contributed by atoms with Gasteiger partial charge in [-0.15, -0.1) is 0 Å². The highest BCUT2D eigenvalue weighted by atomic mass is 19.4. The monoisotopic (exact) mass is 215 g/mol. The van der Waals surface area contributed by atoms with E-state index in [9.17, 15) is 13.2 Å². The van der Waals surface area contributed by atoms with Crippen LogP contribution in [0.15, 0.2) is 24.3 Å². The van der Waals surface area contributed by atoms with Crippen molar-refractivity contribution in [3.8, 4) is 6.07 Å². The second-order valence-electron chi connectivity index (χ2n) is 3.03. The molecule has 0 bridgehead atoms. The van der Waals surface area contributed by atoms with Gasteiger partial charge in [-0.25, -0.2) is 0 Å². The Hall–Kier alpha value is -1.54. The molecule has 0 fully saturated rings. The summed E-state index contributed by atoms with van der Waals surface area (Å²) in [4.78, 5) is 0. The minimum atomic E-state index is -4.65. The molecule has 0 aliphatic heterocycles. The summed E-state index contributed by atoms with van der Waals surface area (Å²) in [5.41, 5.74) is 0.352. The number of alkyl halides is 3. The molecule has 0 aromatic heterocycles. The average Bonchev–Trinajstić information content (AvgIpc) is 2.17. The lowest BCUT2D eigenvalue weighted by atomic mass is 10.0. The molecule has 0 aliphatic rings. The number of halogens is 3. The first kappa shape index (κ1) is 11.5. The van der Waals surface area contributed by atoms with Gasteiger partial charge in [-0.1, -0.05) is 18.2 Å². The van der Waals surface area contributed by atoms with E-state index < -0.39 is 18.7 Å². The van der Waals surface area contributed by atoms with Crippen LogP contribution in [0.2, 0.25) is 0 Å². The van der Waals surface area contributed by atoms with Crippen molar-refractivity contribution in [3.63, 3.8) is 0 Å². The number of nitrogens with zero attached hydrogens (tertiary/aromatic N) is 1. The van der Waals surface area contributed by atoms with Crippen LogP contribution in [-0.4, -0.2) is 17.4 Å². The zero-order valence-electron chi connectivity index (χ0n) is 7.62. The molecule has 15 heavy (non-hydrogen) atoms. The smallest absolute Gasteiger partial charge is 0.383 e. The molecule has 0 saturated carbocycles. The number of hydrogen-bond acceptors (Lipinski definition) is 2. The van der Waals surface area contributed by atoms with Gasteiger partial charge in [0.25, 0.3) is 0 Å². The van der Waals surface area contributed by atoms with Gasteiger partial charge in [0, 0.05) is 6.42 Å². The number of rotatable bonds is 2. The van der Waals surface area contributed by atoms with Gasteiger partial charge in [-0.2, -0.15) is 18.4 Å². The molecular formula is C10H8F3NO. The summed E-state index contributed by atoms with van der Waals surface area (Å²) in [6.07, 6.45) is -7.66. The Labute approximate surface area is 84.6 Å². The number of hydrogen-bond donors (Lipinski definition) is 1. The van der Waals surface area contributed by atoms with Gasteiger partial charge < -0.3 is 5.11 Å². The van der Waals surface area contributed by atoms with Crippen LogP contribution in [0.4, 0.5) is 13.2 Å².